The van der Waals surface area contributed by atoms with Gasteiger partial charge < -0.3 is 0 Å². The Morgan fingerprint density at radius 1 is 0.500 bits per heavy atom. The van der Waals surface area contributed by atoms with Crippen LogP contribution in [0.15, 0.2) is 61.2 Å². The zero-order valence-corrected chi connectivity index (χ0v) is 16.6. The summed E-state index contributed by atoms with van der Waals surface area (Å²) in [5.74, 6) is 0. The summed E-state index contributed by atoms with van der Waals surface area (Å²) in [6.07, 6.45) is 7.00. The molecule has 0 amide bonds. The number of rotatable bonds is 0. The van der Waals surface area contributed by atoms with Crippen LogP contribution in [0.25, 0.3) is 0 Å². The summed E-state index contributed by atoms with van der Waals surface area (Å²) in [5, 5.41) is 0. The molecule has 0 spiro atoms. The topological polar surface area (TPSA) is 174 Å². The maximum absolute atomic E-state index is 8.58. The smallest absolute Gasteiger partial charge is 0.0267 e. The molecular weight excluding hydrogens is 602 g/mol. The number of nitrogens with zero attached hydrogens (tertiary/aromatic N) is 2. The fraction of sp³-hybridized carbons (Fsp3) is 0. The first-order valence-electron chi connectivity index (χ1n) is 4.93. The Morgan fingerprint density at radius 3 is 0.708 bits per heavy atom. The van der Waals surface area contributed by atoms with Crippen molar-refractivity contribution >= 4 is 0 Å². The minimum absolute atomic E-state index is 0. The Morgan fingerprint density at radius 2 is 0.667 bits per heavy atom. The van der Waals surface area contributed by atoms with E-state index in [0.29, 0.717) is 0 Å². The van der Waals surface area contributed by atoms with Crippen LogP contribution >= 0.6 is 0 Å². The largest absolute Gasteiger partial charge is 0.265 e. The molecule has 2 rings (SSSR count). The summed E-state index contributed by atoms with van der Waals surface area (Å²) < 4.78 is 68.6. The third-order valence-electron chi connectivity index (χ3n) is 1.13. The third kappa shape index (κ3) is 68.2. The Bertz CT molecular complexity index is 651. The fourth-order valence-electron chi connectivity index (χ4n) is 0.625. The van der Waals surface area contributed by atoms with Crippen molar-refractivity contribution in [1.82, 2.24) is 9.97 Å². The van der Waals surface area contributed by atoms with E-state index in [1.54, 1.807) is 24.8 Å². The minimum atomic E-state index is -5.62. The van der Waals surface area contributed by atoms with E-state index in [2.05, 4.69) is 9.97 Å². The quantitative estimate of drug-likeness (QED) is 0.338. The van der Waals surface area contributed by atoms with Gasteiger partial charge in [-0.3, -0.25) is 9.97 Å². The second-order valence-electron chi connectivity index (χ2n) is 2.81. The Balaban J connectivity index is -0.000000109. The van der Waals surface area contributed by atoms with Gasteiger partial charge in [0.05, 0.1) is 0 Å². The van der Waals surface area contributed by atoms with Crippen molar-refractivity contribution in [3.05, 3.63) is 61.2 Å². The minimum Gasteiger partial charge on any atom is -0.265 e. The summed E-state index contributed by atoms with van der Waals surface area (Å²) in [6, 6.07) is 11.4. The van der Waals surface area contributed by atoms with Gasteiger partial charge in [-0.25, -0.2) is 0 Å². The van der Waals surface area contributed by atoms with Crippen LogP contribution in [-0.4, -0.2) is 9.97 Å². The van der Waals surface area contributed by atoms with E-state index in [0.717, 1.165) is 0 Å². The second kappa shape index (κ2) is 18.9. The van der Waals surface area contributed by atoms with Crippen molar-refractivity contribution in [3.8, 4) is 0 Å². The molecule has 0 aliphatic rings. The molecule has 2 aromatic rings. The predicted molar refractivity (Wildman–Crippen MR) is 52.6 cm³/mol. The van der Waals surface area contributed by atoms with Gasteiger partial charge in [0.25, 0.3) is 0 Å². The number of hydrogen-bond acceptors (Lipinski definition) is 10. The summed E-state index contributed by atoms with van der Waals surface area (Å²) >= 11 is -11.2. The van der Waals surface area contributed by atoms with Gasteiger partial charge in [0.1, 0.15) is 0 Å². The normalized spacial score (nSPS) is 8.75. The molecule has 2 aromatic heterocycles. The second-order valence-corrected chi connectivity index (χ2v) is 5.17. The molecular formula is C10H10Ag2Mn2N2O8. The molecule has 0 saturated heterocycles. The van der Waals surface area contributed by atoms with E-state index in [1.165, 1.54) is 0 Å². The average molecular weight is 612 g/mol. The van der Waals surface area contributed by atoms with Crippen molar-refractivity contribution in [1.29, 1.82) is 0 Å². The summed E-state index contributed by atoms with van der Waals surface area (Å²) in [4.78, 5) is 7.57. The Kier molecular flexibility index (Phi) is 24.6. The van der Waals surface area contributed by atoms with Crippen LogP contribution in [0.1, 0.15) is 0 Å². The van der Waals surface area contributed by atoms with Gasteiger partial charge in [-0.1, -0.05) is 12.1 Å². The van der Waals surface area contributed by atoms with Gasteiger partial charge in [0.2, 0.25) is 0 Å². The first-order valence-corrected chi connectivity index (χ1v) is 8.79. The predicted octanol–water partition coefficient (Wildman–Crippen LogP) is -0.938. The molecule has 144 valence electrons. The van der Waals surface area contributed by atoms with Gasteiger partial charge in [-0.05, 0) is 24.3 Å². The molecule has 2 heterocycles. The molecule has 0 fully saturated rings. The van der Waals surface area contributed by atoms with Gasteiger partial charge >= 0.3 is 102 Å². The molecule has 0 aliphatic carbocycles. The van der Waals surface area contributed by atoms with Crippen molar-refractivity contribution in [2.24, 2.45) is 0 Å². The first-order chi connectivity index (χ1) is 10.0. The van der Waals surface area contributed by atoms with Gasteiger partial charge in [0, 0.05) is 24.8 Å². The summed E-state index contributed by atoms with van der Waals surface area (Å²) in [6.45, 7) is 0. The molecule has 0 bridgehead atoms. The van der Waals surface area contributed by atoms with E-state index in [9.17, 15) is 0 Å². The van der Waals surface area contributed by atoms with Crippen molar-refractivity contribution in [2.45, 2.75) is 0 Å². The van der Waals surface area contributed by atoms with E-state index in [1.807, 2.05) is 36.4 Å². The average Bonchev–Trinajstić information content (AvgIpc) is 2.40. The van der Waals surface area contributed by atoms with E-state index in [4.69, 9.17) is 31.4 Å². The molecule has 0 N–H and O–H groups in total. The van der Waals surface area contributed by atoms with Crippen LogP contribution in [0.5, 0.6) is 0 Å². The zero-order chi connectivity index (χ0) is 17.5. The Labute approximate surface area is 172 Å². The summed E-state index contributed by atoms with van der Waals surface area (Å²) in [5.41, 5.74) is 0. The number of aromatic nitrogens is 2. The first kappa shape index (κ1) is 31.3. The van der Waals surface area contributed by atoms with Gasteiger partial charge in [0.15, 0.2) is 0 Å². The fourth-order valence-corrected chi connectivity index (χ4v) is 0.625. The monoisotopic (exact) mass is 610 g/mol. The van der Waals surface area contributed by atoms with Crippen molar-refractivity contribution in [3.63, 3.8) is 0 Å². The van der Waals surface area contributed by atoms with Crippen LogP contribution in [0.2, 0.25) is 0 Å². The van der Waals surface area contributed by atoms with Crippen LogP contribution in [0.4, 0.5) is 0 Å². The van der Waals surface area contributed by atoms with Gasteiger partial charge in [-0.2, -0.15) is 0 Å². The molecule has 10 nitrogen and oxygen atoms in total. The number of hydrogen-bond donors (Lipinski definition) is 0. The van der Waals surface area contributed by atoms with Crippen molar-refractivity contribution in [2.75, 3.05) is 0 Å². The standard InChI is InChI=1S/2C5H5N.2Ag.2Mn.8O/c2*1-2-4-6-5-3-1;;;;;;;;;;;;/h2*1-5H;;;;;;;;;;;;/q;;2*+1;;;;;;;;;2*-1. The Hall–Kier alpha value is -0.461. The van der Waals surface area contributed by atoms with Crippen LogP contribution < -0.4 is 8.38 Å². The van der Waals surface area contributed by atoms with E-state index < -0.39 is 25.9 Å². The van der Waals surface area contributed by atoms with E-state index >= 15 is 0 Å². The molecule has 0 radical (unpaired) electrons. The molecule has 0 aromatic carbocycles. The molecule has 0 atom stereocenters. The van der Waals surface area contributed by atoms with Crippen LogP contribution in [0, 0.1) is 0 Å². The third-order valence-corrected chi connectivity index (χ3v) is 1.13. The molecule has 0 unspecified atom stereocenters. The maximum Gasteiger partial charge on any atom is 0.0267 e. The molecule has 0 saturated carbocycles. The molecule has 0 aliphatic heterocycles. The molecule has 24 heavy (non-hydrogen) atoms. The molecule has 14 heteroatoms. The van der Waals surface area contributed by atoms with Crippen LogP contribution in [0.3, 0.4) is 0 Å². The van der Waals surface area contributed by atoms with Gasteiger partial charge in [-0.15, -0.1) is 0 Å². The van der Waals surface area contributed by atoms with E-state index in [-0.39, 0.29) is 44.8 Å². The van der Waals surface area contributed by atoms with Crippen molar-refractivity contribution < 1.29 is 102 Å². The summed E-state index contributed by atoms with van der Waals surface area (Å²) in [7, 11) is 0. The SMILES string of the molecule is [Ag+].[Ag+].[O]=[Mn](=[O])(=[O])[O-].[O]=[Mn](=[O])(=[O])[O-].c1ccncc1.c1ccncc1. The number of pyridine rings is 2. The van der Waals surface area contributed by atoms with Crippen LogP contribution in [-0.2, 0) is 93.7 Å². The zero-order valence-electron chi connectivity index (χ0n) is 11.3. The maximum atomic E-state index is 8.58.